The van der Waals surface area contributed by atoms with E-state index in [1.54, 1.807) is 13.8 Å². The number of hydrogen-bond acceptors (Lipinski definition) is 6. The highest BCUT2D eigenvalue weighted by molar-refractivity contribution is 7.62. The van der Waals surface area contributed by atoms with Gasteiger partial charge in [-0.25, -0.2) is 0 Å². The third kappa shape index (κ3) is 3.07. The van der Waals surface area contributed by atoms with Gasteiger partial charge in [0.15, 0.2) is 0 Å². The summed E-state index contributed by atoms with van der Waals surface area (Å²) >= 11 is 0. The molecule has 0 bridgehead atoms. The Hall–Kier alpha value is -1.43. The van der Waals surface area contributed by atoms with Gasteiger partial charge in [0.25, 0.3) is 5.69 Å². The molecule has 8 heteroatoms. The van der Waals surface area contributed by atoms with E-state index in [4.69, 9.17) is 14.8 Å². The molecule has 0 aliphatic carbocycles. The number of nitrogens with zero attached hydrogens (tertiary/aromatic N) is 1. The van der Waals surface area contributed by atoms with Gasteiger partial charge in [-0.1, -0.05) is 0 Å². The fourth-order valence-electron chi connectivity index (χ4n) is 1.40. The molecule has 0 atom stereocenters. The molecule has 0 aliphatic rings. The van der Waals surface area contributed by atoms with Gasteiger partial charge in [-0.05, 0) is 19.9 Å². The number of rotatable bonds is 6. The van der Waals surface area contributed by atoms with Crippen LogP contribution in [-0.2, 0) is 13.6 Å². The Balaban J connectivity index is 3.31. The highest BCUT2D eigenvalue weighted by atomic mass is 31.2. The van der Waals surface area contributed by atoms with Crippen molar-refractivity contribution in [1.82, 2.24) is 0 Å². The summed E-state index contributed by atoms with van der Waals surface area (Å²) in [6, 6.07) is 3.68. The molecule has 0 fully saturated rings. The molecule has 0 spiro atoms. The Morgan fingerprint density at radius 2 is 1.89 bits per heavy atom. The number of nitrogens with two attached hydrogens (primary N) is 1. The van der Waals surface area contributed by atoms with Crippen LogP contribution in [0.4, 0.5) is 11.4 Å². The lowest BCUT2D eigenvalue weighted by Crippen LogP contribution is -2.15. The highest BCUT2D eigenvalue weighted by Crippen LogP contribution is 2.48. The van der Waals surface area contributed by atoms with Gasteiger partial charge in [0, 0.05) is 17.8 Å². The molecule has 0 amide bonds. The van der Waals surface area contributed by atoms with Crippen LogP contribution in [0.15, 0.2) is 18.2 Å². The minimum atomic E-state index is -3.61. The number of nitro benzene ring substituents is 1. The molecule has 0 heterocycles. The fraction of sp³-hybridized carbons (Fsp3) is 0.400. The van der Waals surface area contributed by atoms with Gasteiger partial charge < -0.3 is 14.8 Å². The number of nitro groups is 1. The lowest BCUT2D eigenvalue weighted by molar-refractivity contribution is -0.384. The lowest BCUT2D eigenvalue weighted by atomic mass is 10.3. The second kappa shape index (κ2) is 5.95. The molecule has 2 N–H and O–H groups in total. The van der Waals surface area contributed by atoms with Crippen molar-refractivity contribution in [3.63, 3.8) is 0 Å². The van der Waals surface area contributed by atoms with E-state index in [2.05, 4.69) is 0 Å². The number of benzene rings is 1. The predicted molar refractivity (Wildman–Crippen MR) is 68.0 cm³/mol. The standard InChI is InChI=1S/C10H15N2O5P/c1-3-16-18(15,17-4-2)10-7-8(12(13)14)5-6-9(10)11/h5-7H,3-4,11H2,1-2H3. The topological polar surface area (TPSA) is 105 Å². The maximum atomic E-state index is 12.5. The summed E-state index contributed by atoms with van der Waals surface area (Å²) in [4.78, 5) is 10.1. The zero-order valence-corrected chi connectivity index (χ0v) is 11.1. The summed E-state index contributed by atoms with van der Waals surface area (Å²) in [5.74, 6) is 0. The van der Waals surface area contributed by atoms with Crippen molar-refractivity contribution in [3.05, 3.63) is 28.3 Å². The molecule has 0 saturated heterocycles. The van der Waals surface area contributed by atoms with Gasteiger partial charge in [0.1, 0.15) is 0 Å². The molecular weight excluding hydrogens is 259 g/mol. The van der Waals surface area contributed by atoms with E-state index in [1.165, 1.54) is 12.1 Å². The van der Waals surface area contributed by atoms with Crippen LogP contribution in [0.25, 0.3) is 0 Å². The summed E-state index contributed by atoms with van der Waals surface area (Å²) in [6.45, 7) is 3.61. The molecule has 1 aromatic rings. The summed E-state index contributed by atoms with van der Waals surface area (Å²) in [6.07, 6.45) is 0. The van der Waals surface area contributed by atoms with E-state index in [1.807, 2.05) is 0 Å². The SMILES string of the molecule is CCOP(=O)(OCC)c1cc([N+](=O)[O-])ccc1N. The van der Waals surface area contributed by atoms with E-state index < -0.39 is 12.5 Å². The third-order valence-corrected chi connectivity index (χ3v) is 4.29. The minimum absolute atomic E-state index is 0.0281. The molecule has 0 aromatic heterocycles. The first-order valence-corrected chi connectivity index (χ1v) is 6.92. The van der Waals surface area contributed by atoms with Gasteiger partial charge in [-0.15, -0.1) is 0 Å². The largest absolute Gasteiger partial charge is 0.398 e. The van der Waals surface area contributed by atoms with Crippen LogP contribution in [0, 0.1) is 10.1 Å². The molecule has 0 saturated carbocycles. The third-order valence-electron chi connectivity index (χ3n) is 2.12. The summed E-state index contributed by atoms with van der Waals surface area (Å²) in [5, 5.41) is 10.7. The maximum absolute atomic E-state index is 12.5. The minimum Gasteiger partial charge on any atom is -0.398 e. The second-order valence-electron chi connectivity index (χ2n) is 3.33. The quantitative estimate of drug-likeness (QED) is 0.368. The molecule has 1 aromatic carbocycles. The van der Waals surface area contributed by atoms with Crippen molar-refractivity contribution in [1.29, 1.82) is 0 Å². The van der Waals surface area contributed by atoms with Gasteiger partial charge in [-0.3, -0.25) is 14.7 Å². The Labute approximate surface area is 105 Å². The van der Waals surface area contributed by atoms with Crippen LogP contribution in [0.1, 0.15) is 13.8 Å². The van der Waals surface area contributed by atoms with Crippen molar-refractivity contribution in [2.75, 3.05) is 18.9 Å². The number of anilines is 1. The zero-order valence-electron chi connectivity index (χ0n) is 10.2. The first-order chi connectivity index (χ1) is 8.44. The molecule has 0 aliphatic heterocycles. The summed E-state index contributed by atoms with van der Waals surface area (Å²) in [5.41, 5.74) is 5.62. The van der Waals surface area contributed by atoms with E-state index in [0.29, 0.717) is 0 Å². The highest BCUT2D eigenvalue weighted by Gasteiger charge is 2.30. The molecule has 100 valence electrons. The van der Waals surface area contributed by atoms with Crippen molar-refractivity contribution in [2.24, 2.45) is 0 Å². The molecule has 0 unspecified atom stereocenters. The zero-order chi connectivity index (χ0) is 13.8. The average Bonchev–Trinajstić information content (AvgIpc) is 2.29. The number of non-ortho nitro benzene ring substituents is 1. The molecular formula is C10H15N2O5P. The van der Waals surface area contributed by atoms with Crippen LogP contribution >= 0.6 is 7.60 Å². The van der Waals surface area contributed by atoms with E-state index in [-0.39, 0.29) is 29.9 Å². The Morgan fingerprint density at radius 3 is 2.33 bits per heavy atom. The summed E-state index contributed by atoms with van der Waals surface area (Å²) in [7, 11) is -3.61. The predicted octanol–water partition coefficient (Wildman–Crippen LogP) is 2.07. The van der Waals surface area contributed by atoms with E-state index in [9.17, 15) is 14.7 Å². The van der Waals surface area contributed by atoms with Crippen molar-refractivity contribution >= 4 is 24.3 Å². The van der Waals surface area contributed by atoms with Gasteiger partial charge in [0.2, 0.25) is 0 Å². The van der Waals surface area contributed by atoms with Crippen molar-refractivity contribution in [2.45, 2.75) is 13.8 Å². The van der Waals surface area contributed by atoms with Crippen LogP contribution < -0.4 is 11.0 Å². The summed E-state index contributed by atoms with van der Waals surface area (Å²) < 4.78 is 22.7. The Kier molecular flexibility index (Phi) is 4.84. The van der Waals surface area contributed by atoms with E-state index in [0.717, 1.165) is 6.07 Å². The van der Waals surface area contributed by atoms with Crippen molar-refractivity contribution in [3.8, 4) is 0 Å². The first-order valence-electron chi connectivity index (χ1n) is 5.38. The smallest absolute Gasteiger partial charge is 0.363 e. The van der Waals surface area contributed by atoms with Crippen LogP contribution in [0.2, 0.25) is 0 Å². The normalized spacial score (nSPS) is 11.4. The molecule has 0 radical (unpaired) electrons. The Morgan fingerprint density at radius 1 is 1.33 bits per heavy atom. The lowest BCUT2D eigenvalue weighted by Gasteiger charge is -2.18. The molecule has 7 nitrogen and oxygen atoms in total. The van der Waals surface area contributed by atoms with Gasteiger partial charge in [-0.2, -0.15) is 0 Å². The monoisotopic (exact) mass is 274 g/mol. The first kappa shape index (κ1) is 14.6. The molecule has 18 heavy (non-hydrogen) atoms. The second-order valence-corrected chi connectivity index (χ2v) is 5.33. The fourth-order valence-corrected chi connectivity index (χ4v) is 3.11. The van der Waals surface area contributed by atoms with Gasteiger partial charge in [0.05, 0.1) is 23.4 Å². The van der Waals surface area contributed by atoms with Gasteiger partial charge >= 0.3 is 7.60 Å². The number of nitrogen functional groups attached to an aromatic ring is 1. The van der Waals surface area contributed by atoms with Crippen molar-refractivity contribution < 1.29 is 18.5 Å². The Bertz CT molecular complexity index is 481. The van der Waals surface area contributed by atoms with Crippen LogP contribution in [0.5, 0.6) is 0 Å². The maximum Gasteiger partial charge on any atom is 0.363 e. The molecule has 1 rings (SSSR count). The number of hydrogen-bond donors (Lipinski definition) is 1. The van der Waals surface area contributed by atoms with Crippen LogP contribution in [-0.4, -0.2) is 18.1 Å². The van der Waals surface area contributed by atoms with Crippen LogP contribution in [0.3, 0.4) is 0 Å². The average molecular weight is 274 g/mol. The van der Waals surface area contributed by atoms with E-state index >= 15 is 0 Å².